The Balaban J connectivity index is 1.70. The van der Waals surface area contributed by atoms with Gasteiger partial charge < -0.3 is 24.5 Å². The average molecular weight is 354 g/mol. The number of fused-ring (bicyclic) bond motifs is 1. The summed E-state index contributed by atoms with van der Waals surface area (Å²) in [6, 6.07) is 13.1. The Morgan fingerprint density at radius 3 is 2.62 bits per heavy atom. The van der Waals surface area contributed by atoms with Crippen molar-refractivity contribution in [2.24, 2.45) is 0 Å². The first-order valence-electron chi connectivity index (χ1n) is 8.39. The molecule has 0 atom stereocenters. The SMILES string of the molecule is CCOc1ccc(CNC(=O)c2cc3ccc(OC)cc3[nH]2)cc1OC. The van der Waals surface area contributed by atoms with Gasteiger partial charge in [0.15, 0.2) is 11.5 Å². The van der Waals surface area contributed by atoms with E-state index in [1.807, 2.05) is 49.4 Å². The zero-order chi connectivity index (χ0) is 18.5. The number of H-pyrrole nitrogens is 1. The molecule has 136 valence electrons. The summed E-state index contributed by atoms with van der Waals surface area (Å²) in [5.41, 5.74) is 2.29. The summed E-state index contributed by atoms with van der Waals surface area (Å²) in [5, 5.41) is 3.87. The zero-order valence-corrected chi connectivity index (χ0v) is 15.1. The Morgan fingerprint density at radius 2 is 1.88 bits per heavy atom. The molecule has 6 nitrogen and oxygen atoms in total. The Morgan fingerprint density at radius 1 is 1.04 bits per heavy atom. The van der Waals surface area contributed by atoms with Crippen molar-refractivity contribution in [1.82, 2.24) is 10.3 Å². The number of hydrogen-bond acceptors (Lipinski definition) is 4. The molecule has 0 unspecified atom stereocenters. The van der Waals surface area contributed by atoms with Crippen molar-refractivity contribution in [1.29, 1.82) is 0 Å². The van der Waals surface area contributed by atoms with Crippen molar-refractivity contribution in [3.05, 3.63) is 53.7 Å². The number of amides is 1. The van der Waals surface area contributed by atoms with E-state index >= 15 is 0 Å². The summed E-state index contributed by atoms with van der Waals surface area (Å²) >= 11 is 0. The van der Waals surface area contributed by atoms with Gasteiger partial charge in [-0.15, -0.1) is 0 Å². The van der Waals surface area contributed by atoms with Crippen LogP contribution in [0.3, 0.4) is 0 Å². The Kier molecular flexibility index (Phi) is 5.31. The first kappa shape index (κ1) is 17.7. The third kappa shape index (κ3) is 3.74. The van der Waals surface area contributed by atoms with E-state index in [2.05, 4.69) is 10.3 Å². The zero-order valence-electron chi connectivity index (χ0n) is 15.1. The number of aromatic amines is 1. The monoisotopic (exact) mass is 354 g/mol. The van der Waals surface area contributed by atoms with Crippen molar-refractivity contribution in [2.45, 2.75) is 13.5 Å². The molecule has 0 bridgehead atoms. The predicted octanol–water partition coefficient (Wildman–Crippen LogP) is 3.51. The standard InChI is InChI=1S/C20H22N2O4/c1-4-26-18-8-5-13(9-19(18)25-3)12-21-20(23)17-10-14-6-7-15(24-2)11-16(14)22-17/h5-11,22H,4,12H2,1-3H3,(H,21,23). The third-order valence-corrected chi connectivity index (χ3v) is 4.06. The van der Waals surface area contributed by atoms with E-state index in [0.717, 1.165) is 22.2 Å². The van der Waals surface area contributed by atoms with Crippen molar-refractivity contribution in [2.75, 3.05) is 20.8 Å². The maximum absolute atomic E-state index is 12.4. The van der Waals surface area contributed by atoms with Crippen molar-refractivity contribution >= 4 is 16.8 Å². The second-order valence-corrected chi connectivity index (χ2v) is 5.74. The molecule has 0 aliphatic rings. The van der Waals surface area contributed by atoms with Crippen molar-refractivity contribution in [3.8, 4) is 17.2 Å². The van der Waals surface area contributed by atoms with E-state index in [1.165, 1.54) is 0 Å². The predicted molar refractivity (Wildman–Crippen MR) is 100 cm³/mol. The van der Waals surface area contributed by atoms with Gasteiger partial charge in [-0.25, -0.2) is 0 Å². The minimum absolute atomic E-state index is 0.173. The normalized spacial score (nSPS) is 10.6. The van der Waals surface area contributed by atoms with Crippen LogP contribution in [0, 0.1) is 0 Å². The summed E-state index contributed by atoms with van der Waals surface area (Å²) in [6.45, 7) is 2.88. The molecule has 26 heavy (non-hydrogen) atoms. The number of hydrogen-bond donors (Lipinski definition) is 2. The molecule has 0 saturated heterocycles. The Bertz CT molecular complexity index is 917. The van der Waals surface area contributed by atoms with Gasteiger partial charge in [0, 0.05) is 23.5 Å². The summed E-state index contributed by atoms with van der Waals surface area (Å²) in [7, 11) is 3.21. The van der Waals surface area contributed by atoms with Gasteiger partial charge in [0.05, 0.1) is 20.8 Å². The van der Waals surface area contributed by atoms with Gasteiger partial charge in [-0.1, -0.05) is 6.07 Å². The maximum Gasteiger partial charge on any atom is 0.267 e. The van der Waals surface area contributed by atoms with Crippen LogP contribution in [-0.2, 0) is 6.54 Å². The Hall–Kier alpha value is -3.15. The van der Waals surface area contributed by atoms with Gasteiger partial charge in [0.2, 0.25) is 0 Å². The molecular formula is C20H22N2O4. The Labute approximate surface area is 152 Å². The van der Waals surface area contributed by atoms with Gasteiger partial charge >= 0.3 is 0 Å². The number of benzene rings is 2. The van der Waals surface area contributed by atoms with Gasteiger partial charge in [-0.05, 0) is 42.8 Å². The summed E-state index contributed by atoms with van der Waals surface area (Å²) in [5.74, 6) is 1.91. The van der Waals surface area contributed by atoms with Crippen LogP contribution in [-0.4, -0.2) is 31.7 Å². The smallest absolute Gasteiger partial charge is 0.267 e. The summed E-state index contributed by atoms with van der Waals surface area (Å²) < 4.78 is 16.0. The first-order valence-corrected chi connectivity index (χ1v) is 8.39. The highest BCUT2D eigenvalue weighted by atomic mass is 16.5. The van der Waals surface area contributed by atoms with E-state index < -0.39 is 0 Å². The molecule has 1 aromatic heterocycles. The molecule has 1 amide bonds. The van der Waals surface area contributed by atoms with Gasteiger partial charge in [-0.2, -0.15) is 0 Å². The molecule has 1 heterocycles. The highest BCUT2D eigenvalue weighted by Gasteiger charge is 2.11. The molecular weight excluding hydrogens is 332 g/mol. The van der Waals surface area contributed by atoms with Crippen LogP contribution in [0.5, 0.6) is 17.2 Å². The summed E-state index contributed by atoms with van der Waals surface area (Å²) in [4.78, 5) is 15.6. The number of ether oxygens (including phenoxy) is 3. The van der Waals surface area contributed by atoms with E-state index in [9.17, 15) is 4.79 Å². The lowest BCUT2D eigenvalue weighted by Gasteiger charge is -2.11. The number of carbonyl (C=O) groups excluding carboxylic acids is 1. The van der Waals surface area contributed by atoms with Crippen LogP contribution in [0.4, 0.5) is 0 Å². The van der Waals surface area contributed by atoms with E-state index in [4.69, 9.17) is 14.2 Å². The second-order valence-electron chi connectivity index (χ2n) is 5.74. The molecule has 0 saturated carbocycles. The van der Waals surface area contributed by atoms with Crippen LogP contribution in [0.2, 0.25) is 0 Å². The van der Waals surface area contributed by atoms with Gasteiger partial charge in [-0.3, -0.25) is 4.79 Å². The lowest BCUT2D eigenvalue weighted by molar-refractivity contribution is 0.0946. The van der Waals surface area contributed by atoms with Crippen molar-refractivity contribution < 1.29 is 19.0 Å². The number of rotatable bonds is 7. The maximum atomic E-state index is 12.4. The number of methoxy groups -OCH3 is 2. The van der Waals surface area contributed by atoms with Gasteiger partial charge in [0.1, 0.15) is 11.4 Å². The van der Waals surface area contributed by atoms with Crippen LogP contribution in [0.15, 0.2) is 42.5 Å². The minimum atomic E-state index is -0.173. The van der Waals surface area contributed by atoms with E-state index in [-0.39, 0.29) is 5.91 Å². The molecule has 0 radical (unpaired) electrons. The molecule has 0 spiro atoms. The number of aromatic nitrogens is 1. The van der Waals surface area contributed by atoms with Crippen LogP contribution < -0.4 is 19.5 Å². The second kappa shape index (κ2) is 7.82. The number of nitrogens with one attached hydrogen (secondary N) is 2. The first-order chi connectivity index (χ1) is 12.6. The van der Waals surface area contributed by atoms with Crippen LogP contribution >= 0.6 is 0 Å². The lowest BCUT2D eigenvalue weighted by atomic mass is 10.2. The van der Waals surface area contributed by atoms with E-state index in [0.29, 0.717) is 30.3 Å². The highest BCUT2D eigenvalue weighted by Crippen LogP contribution is 2.28. The molecule has 2 aromatic carbocycles. The minimum Gasteiger partial charge on any atom is -0.497 e. The topological polar surface area (TPSA) is 72.6 Å². The third-order valence-electron chi connectivity index (χ3n) is 4.06. The highest BCUT2D eigenvalue weighted by molar-refractivity contribution is 5.98. The fraction of sp³-hybridized carbons (Fsp3) is 0.250. The molecule has 3 rings (SSSR count). The molecule has 0 aliphatic carbocycles. The quantitative estimate of drug-likeness (QED) is 0.681. The molecule has 2 N–H and O–H groups in total. The molecule has 0 aliphatic heterocycles. The fourth-order valence-electron chi connectivity index (χ4n) is 2.73. The molecule has 0 fully saturated rings. The number of carbonyl (C=O) groups is 1. The average Bonchev–Trinajstić information content (AvgIpc) is 3.10. The lowest BCUT2D eigenvalue weighted by Crippen LogP contribution is -2.23. The van der Waals surface area contributed by atoms with Crippen LogP contribution in [0.1, 0.15) is 23.0 Å². The summed E-state index contributed by atoms with van der Waals surface area (Å²) in [6.07, 6.45) is 0. The largest absolute Gasteiger partial charge is 0.497 e. The fourth-order valence-corrected chi connectivity index (χ4v) is 2.73. The molecule has 6 heteroatoms. The molecule has 3 aromatic rings. The van der Waals surface area contributed by atoms with Crippen LogP contribution in [0.25, 0.3) is 10.9 Å². The van der Waals surface area contributed by atoms with Gasteiger partial charge in [0.25, 0.3) is 5.91 Å². The van der Waals surface area contributed by atoms with Crippen molar-refractivity contribution in [3.63, 3.8) is 0 Å². The van der Waals surface area contributed by atoms with E-state index in [1.54, 1.807) is 14.2 Å².